The van der Waals surface area contributed by atoms with Crippen molar-refractivity contribution in [1.82, 2.24) is 5.32 Å². The molecule has 1 atom stereocenters. The van der Waals surface area contributed by atoms with E-state index in [2.05, 4.69) is 26.1 Å². The van der Waals surface area contributed by atoms with Crippen LogP contribution in [0.2, 0.25) is 0 Å². The molecule has 0 aromatic heterocycles. The molecule has 0 spiro atoms. The summed E-state index contributed by atoms with van der Waals surface area (Å²) in [5, 5.41) is 3.65. The second-order valence-electron chi connectivity index (χ2n) is 5.52. The largest absolute Gasteiger partial charge is 0.316 e. The summed E-state index contributed by atoms with van der Waals surface area (Å²) in [5.41, 5.74) is 0.603. The van der Waals surface area contributed by atoms with Gasteiger partial charge in [0.1, 0.15) is 0 Å². The minimum atomic E-state index is 0.603. The lowest BCUT2D eigenvalue weighted by Crippen LogP contribution is -2.35. The van der Waals surface area contributed by atoms with Crippen LogP contribution in [0.5, 0.6) is 0 Å². The summed E-state index contributed by atoms with van der Waals surface area (Å²) in [7, 11) is 0. The molecule has 0 saturated heterocycles. The van der Waals surface area contributed by atoms with Crippen LogP contribution in [0.25, 0.3) is 0 Å². The molecule has 1 N–H and O–H groups in total. The molecule has 0 bridgehead atoms. The van der Waals surface area contributed by atoms with Gasteiger partial charge in [0, 0.05) is 6.54 Å². The van der Waals surface area contributed by atoms with E-state index in [9.17, 15) is 0 Å². The fourth-order valence-corrected chi connectivity index (χ4v) is 2.35. The predicted molar refractivity (Wildman–Crippen MR) is 63.5 cm³/mol. The standard InChI is InChI=1S/C13H27N/c1-4-12(2)10-14-11-13(3)8-6-5-7-9-13/h12,14H,4-11H2,1-3H3. The van der Waals surface area contributed by atoms with E-state index >= 15 is 0 Å². The molecule has 0 aromatic rings. The van der Waals surface area contributed by atoms with Gasteiger partial charge in [-0.25, -0.2) is 0 Å². The van der Waals surface area contributed by atoms with E-state index in [1.807, 2.05) is 0 Å². The van der Waals surface area contributed by atoms with Gasteiger partial charge in [0.2, 0.25) is 0 Å². The maximum Gasteiger partial charge on any atom is 0.000527 e. The van der Waals surface area contributed by atoms with Crippen molar-refractivity contribution >= 4 is 0 Å². The zero-order chi connectivity index (χ0) is 10.4. The second-order valence-corrected chi connectivity index (χ2v) is 5.52. The van der Waals surface area contributed by atoms with Crippen molar-refractivity contribution in [3.8, 4) is 0 Å². The van der Waals surface area contributed by atoms with E-state index in [1.54, 1.807) is 0 Å². The van der Waals surface area contributed by atoms with Crippen molar-refractivity contribution in [2.45, 2.75) is 59.3 Å². The molecular formula is C13H27N. The van der Waals surface area contributed by atoms with Crippen LogP contribution >= 0.6 is 0 Å². The highest BCUT2D eigenvalue weighted by molar-refractivity contribution is 4.80. The molecule has 0 heterocycles. The van der Waals surface area contributed by atoms with E-state index in [-0.39, 0.29) is 0 Å². The van der Waals surface area contributed by atoms with Crippen LogP contribution in [0.4, 0.5) is 0 Å². The number of nitrogens with one attached hydrogen (secondary N) is 1. The van der Waals surface area contributed by atoms with Crippen molar-refractivity contribution in [3.63, 3.8) is 0 Å². The second kappa shape index (κ2) is 5.75. The average Bonchev–Trinajstić information content (AvgIpc) is 2.18. The van der Waals surface area contributed by atoms with Gasteiger partial charge >= 0.3 is 0 Å². The highest BCUT2D eigenvalue weighted by Gasteiger charge is 2.25. The Morgan fingerprint density at radius 3 is 2.43 bits per heavy atom. The van der Waals surface area contributed by atoms with Gasteiger partial charge in [0.25, 0.3) is 0 Å². The normalized spacial score (nSPS) is 23.4. The van der Waals surface area contributed by atoms with Gasteiger partial charge in [-0.1, -0.05) is 46.5 Å². The van der Waals surface area contributed by atoms with Gasteiger partial charge in [-0.2, -0.15) is 0 Å². The molecule has 1 heteroatoms. The Hall–Kier alpha value is -0.0400. The van der Waals surface area contributed by atoms with Crippen molar-refractivity contribution in [2.75, 3.05) is 13.1 Å². The van der Waals surface area contributed by atoms with Crippen molar-refractivity contribution in [3.05, 3.63) is 0 Å². The van der Waals surface area contributed by atoms with Crippen LogP contribution in [-0.2, 0) is 0 Å². The van der Waals surface area contributed by atoms with E-state index < -0.39 is 0 Å². The Morgan fingerprint density at radius 2 is 1.86 bits per heavy atom. The lowest BCUT2D eigenvalue weighted by Gasteiger charge is -2.34. The van der Waals surface area contributed by atoms with Crippen molar-refractivity contribution in [2.24, 2.45) is 11.3 Å². The lowest BCUT2D eigenvalue weighted by molar-refractivity contribution is 0.205. The first-order chi connectivity index (χ1) is 6.66. The van der Waals surface area contributed by atoms with Crippen LogP contribution in [0.15, 0.2) is 0 Å². The van der Waals surface area contributed by atoms with Gasteiger partial charge in [-0.15, -0.1) is 0 Å². The first kappa shape index (κ1) is 12.0. The van der Waals surface area contributed by atoms with Crippen molar-refractivity contribution < 1.29 is 0 Å². The molecule has 0 aromatic carbocycles. The molecule has 0 aliphatic heterocycles. The molecular weight excluding hydrogens is 170 g/mol. The summed E-state index contributed by atoms with van der Waals surface area (Å²) < 4.78 is 0. The molecule has 84 valence electrons. The van der Waals surface area contributed by atoms with Crippen LogP contribution < -0.4 is 5.32 Å². The van der Waals surface area contributed by atoms with E-state index in [4.69, 9.17) is 0 Å². The van der Waals surface area contributed by atoms with Crippen LogP contribution in [0.3, 0.4) is 0 Å². The summed E-state index contributed by atoms with van der Waals surface area (Å²) >= 11 is 0. The Morgan fingerprint density at radius 1 is 1.21 bits per heavy atom. The minimum absolute atomic E-state index is 0.603. The fraction of sp³-hybridized carbons (Fsp3) is 1.00. The summed E-state index contributed by atoms with van der Waals surface area (Å²) in [6, 6.07) is 0. The minimum Gasteiger partial charge on any atom is -0.316 e. The maximum absolute atomic E-state index is 3.65. The Labute approximate surface area is 89.7 Å². The molecule has 14 heavy (non-hydrogen) atoms. The molecule has 1 fully saturated rings. The summed E-state index contributed by atoms with van der Waals surface area (Å²) in [4.78, 5) is 0. The Bertz CT molecular complexity index is 147. The van der Waals surface area contributed by atoms with E-state index in [1.165, 1.54) is 51.6 Å². The fourth-order valence-electron chi connectivity index (χ4n) is 2.35. The maximum atomic E-state index is 3.65. The zero-order valence-corrected chi connectivity index (χ0v) is 10.2. The van der Waals surface area contributed by atoms with Crippen LogP contribution in [0, 0.1) is 11.3 Å². The first-order valence-electron chi connectivity index (χ1n) is 6.37. The predicted octanol–water partition coefficient (Wildman–Crippen LogP) is 3.59. The SMILES string of the molecule is CCC(C)CNCC1(C)CCCCC1. The molecule has 1 saturated carbocycles. The van der Waals surface area contributed by atoms with Gasteiger partial charge < -0.3 is 5.32 Å². The molecule has 0 radical (unpaired) electrons. The smallest absolute Gasteiger partial charge is 0.000527 e. The molecule has 1 aliphatic rings. The molecule has 0 amide bonds. The summed E-state index contributed by atoms with van der Waals surface area (Å²) in [6.45, 7) is 9.49. The molecule has 1 aliphatic carbocycles. The van der Waals surface area contributed by atoms with Gasteiger partial charge in [-0.05, 0) is 30.7 Å². The third-order valence-corrected chi connectivity index (χ3v) is 3.80. The Kier molecular flexibility index (Phi) is 4.94. The molecule has 1 rings (SSSR count). The average molecular weight is 197 g/mol. The van der Waals surface area contributed by atoms with Crippen LogP contribution in [0.1, 0.15) is 59.3 Å². The highest BCUT2D eigenvalue weighted by Crippen LogP contribution is 2.34. The van der Waals surface area contributed by atoms with E-state index in [0.717, 1.165) is 5.92 Å². The summed E-state index contributed by atoms with van der Waals surface area (Å²) in [6.07, 6.45) is 8.51. The lowest BCUT2D eigenvalue weighted by atomic mass is 9.76. The first-order valence-corrected chi connectivity index (χ1v) is 6.37. The van der Waals surface area contributed by atoms with Crippen molar-refractivity contribution in [1.29, 1.82) is 0 Å². The Balaban J connectivity index is 2.15. The van der Waals surface area contributed by atoms with Crippen LogP contribution in [-0.4, -0.2) is 13.1 Å². The number of hydrogen-bond donors (Lipinski definition) is 1. The zero-order valence-electron chi connectivity index (χ0n) is 10.2. The third-order valence-electron chi connectivity index (χ3n) is 3.80. The third kappa shape index (κ3) is 4.00. The van der Waals surface area contributed by atoms with E-state index in [0.29, 0.717) is 5.41 Å². The number of rotatable bonds is 5. The van der Waals surface area contributed by atoms with Gasteiger partial charge in [0.05, 0.1) is 0 Å². The quantitative estimate of drug-likeness (QED) is 0.710. The molecule has 1 unspecified atom stereocenters. The highest BCUT2D eigenvalue weighted by atomic mass is 14.9. The van der Waals surface area contributed by atoms with Gasteiger partial charge in [0.15, 0.2) is 0 Å². The molecule has 1 nitrogen and oxygen atoms in total. The summed E-state index contributed by atoms with van der Waals surface area (Å²) in [5.74, 6) is 0.835. The monoisotopic (exact) mass is 197 g/mol. The van der Waals surface area contributed by atoms with Gasteiger partial charge in [-0.3, -0.25) is 0 Å². The number of hydrogen-bond acceptors (Lipinski definition) is 1. The topological polar surface area (TPSA) is 12.0 Å².